The SMILES string of the molecule is CC1(NC(=O)N2CCn3nc(-c4ccc(F)c(Cl)c4)c(C(N)=O)c3C2)CCC1. The lowest BCUT2D eigenvalue weighted by atomic mass is 9.79. The van der Waals surface area contributed by atoms with Gasteiger partial charge in [0.05, 0.1) is 29.4 Å². The minimum Gasteiger partial charge on any atom is -0.365 e. The third-order valence-electron chi connectivity index (χ3n) is 5.57. The topological polar surface area (TPSA) is 93.2 Å². The molecule has 9 heteroatoms. The third kappa shape index (κ3) is 3.22. The molecule has 1 aliphatic carbocycles. The van der Waals surface area contributed by atoms with E-state index in [1.54, 1.807) is 9.58 Å². The average molecular weight is 406 g/mol. The zero-order valence-corrected chi connectivity index (χ0v) is 16.2. The van der Waals surface area contributed by atoms with Gasteiger partial charge in [0.1, 0.15) is 11.5 Å². The molecule has 7 nitrogen and oxygen atoms in total. The molecule has 1 aliphatic heterocycles. The number of rotatable bonds is 3. The number of hydrogen-bond donors (Lipinski definition) is 2. The molecule has 2 heterocycles. The number of carbonyl (C=O) groups excluding carboxylic acids is 2. The molecule has 1 saturated carbocycles. The summed E-state index contributed by atoms with van der Waals surface area (Å²) < 4.78 is 15.2. The van der Waals surface area contributed by atoms with E-state index in [-0.39, 0.29) is 28.7 Å². The number of nitrogens with one attached hydrogen (secondary N) is 1. The molecule has 2 aromatic rings. The Kier molecular flexibility index (Phi) is 4.53. The first-order chi connectivity index (χ1) is 13.3. The number of aromatic nitrogens is 2. The summed E-state index contributed by atoms with van der Waals surface area (Å²) in [5.41, 5.74) is 7.12. The minimum absolute atomic E-state index is 0.0614. The summed E-state index contributed by atoms with van der Waals surface area (Å²) >= 11 is 5.88. The summed E-state index contributed by atoms with van der Waals surface area (Å²) in [5.74, 6) is -1.20. The van der Waals surface area contributed by atoms with Crippen LogP contribution in [0.5, 0.6) is 0 Å². The highest BCUT2D eigenvalue weighted by molar-refractivity contribution is 6.31. The fourth-order valence-corrected chi connectivity index (χ4v) is 3.95. The molecule has 4 rings (SSSR count). The van der Waals surface area contributed by atoms with Crippen LogP contribution >= 0.6 is 11.6 Å². The maximum atomic E-state index is 13.5. The van der Waals surface area contributed by atoms with Crippen molar-refractivity contribution >= 4 is 23.5 Å². The molecule has 0 atom stereocenters. The Morgan fingerprint density at radius 1 is 1.32 bits per heavy atom. The number of nitrogens with zero attached hydrogens (tertiary/aromatic N) is 3. The lowest BCUT2D eigenvalue weighted by molar-refractivity contribution is 0.0996. The van der Waals surface area contributed by atoms with Crippen molar-refractivity contribution < 1.29 is 14.0 Å². The number of primary amides is 1. The molecule has 148 valence electrons. The first-order valence-electron chi connectivity index (χ1n) is 9.19. The molecular weight excluding hydrogens is 385 g/mol. The van der Waals surface area contributed by atoms with Gasteiger partial charge >= 0.3 is 6.03 Å². The second-order valence-electron chi connectivity index (χ2n) is 7.65. The Bertz CT molecular complexity index is 969. The highest BCUT2D eigenvalue weighted by Crippen LogP contribution is 2.33. The molecule has 0 saturated heterocycles. The lowest BCUT2D eigenvalue weighted by Gasteiger charge is -2.41. The molecule has 3 amide bonds. The summed E-state index contributed by atoms with van der Waals surface area (Å²) in [6, 6.07) is 3.99. The second-order valence-corrected chi connectivity index (χ2v) is 8.06. The van der Waals surface area contributed by atoms with Gasteiger partial charge in [-0.1, -0.05) is 11.6 Å². The molecule has 0 spiro atoms. The number of hydrogen-bond acceptors (Lipinski definition) is 3. The monoisotopic (exact) mass is 405 g/mol. The minimum atomic E-state index is -0.648. The maximum absolute atomic E-state index is 13.5. The van der Waals surface area contributed by atoms with Crippen LogP contribution in [-0.2, 0) is 13.1 Å². The van der Waals surface area contributed by atoms with Crippen LogP contribution in [0.25, 0.3) is 11.3 Å². The van der Waals surface area contributed by atoms with Gasteiger partial charge in [-0.2, -0.15) is 5.10 Å². The number of carbonyl (C=O) groups is 2. The zero-order chi connectivity index (χ0) is 20.1. The van der Waals surface area contributed by atoms with Gasteiger partial charge in [0.25, 0.3) is 5.91 Å². The Morgan fingerprint density at radius 3 is 2.68 bits per heavy atom. The van der Waals surface area contributed by atoms with Crippen molar-refractivity contribution in [1.29, 1.82) is 0 Å². The van der Waals surface area contributed by atoms with Gasteiger partial charge in [-0.05, 0) is 44.4 Å². The predicted octanol–water partition coefficient (Wildman–Crippen LogP) is 2.91. The first kappa shape index (κ1) is 18.7. The highest BCUT2D eigenvalue weighted by atomic mass is 35.5. The van der Waals surface area contributed by atoms with E-state index in [1.165, 1.54) is 18.2 Å². The molecule has 28 heavy (non-hydrogen) atoms. The van der Waals surface area contributed by atoms with Crippen LogP contribution in [0.15, 0.2) is 18.2 Å². The number of nitrogens with two attached hydrogens (primary N) is 1. The van der Waals surface area contributed by atoms with Gasteiger partial charge < -0.3 is 16.0 Å². The predicted molar refractivity (Wildman–Crippen MR) is 102 cm³/mol. The van der Waals surface area contributed by atoms with Gasteiger partial charge in [0, 0.05) is 17.6 Å². The normalized spacial score (nSPS) is 17.6. The molecule has 2 aliphatic rings. The van der Waals surface area contributed by atoms with Crippen LogP contribution in [0.3, 0.4) is 0 Å². The van der Waals surface area contributed by atoms with Gasteiger partial charge in [-0.25, -0.2) is 9.18 Å². The van der Waals surface area contributed by atoms with Crippen LogP contribution in [0.1, 0.15) is 42.2 Å². The smallest absolute Gasteiger partial charge is 0.318 e. The van der Waals surface area contributed by atoms with Crippen LogP contribution < -0.4 is 11.1 Å². The van der Waals surface area contributed by atoms with Crippen molar-refractivity contribution in [2.24, 2.45) is 5.73 Å². The molecule has 3 N–H and O–H groups in total. The van der Waals surface area contributed by atoms with E-state index in [2.05, 4.69) is 10.4 Å². The molecule has 1 aromatic carbocycles. The quantitative estimate of drug-likeness (QED) is 0.822. The fraction of sp³-hybridized carbons (Fsp3) is 0.421. The van der Waals surface area contributed by atoms with E-state index in [9.17, 15) is 14.0 Å². The summed E-state index contributed by atoms with van der Waals surface area (Å²) in [7, 11) is 0. The summed E-state index contributed by atoms with van der Waals surface area (Å²) in [5, 5.41) is 7.50. The third-order valence-corrected chi connectivity index (χ3v) is 5.86. The van der Waals surface area contributed by atoms with Crippen LogP contribution in [-0.4, -0.2) is 38.7 Å². The number of benzene rings is 1. The lowest BCUT2D eigenvalue weighted by Crippen LogP contribution is -2.56. The average Bonchev–Trinajstić information content (AvgIpc) is 3.01. The Hall–Kier alpha value is -2.61. The number of urea groups is 1. The van der Waals surface area contributed by atoms with Crippen LogP contribution in [0.2, 0.25) is 5.02 Å². The van der Waals surface area contributed by atoms with Crippen molar-refractivity contribution in [3.05, 3.63) is 40.3 Å². The Morgan fingerprint density at radius 2 is 2.07 bits per heavy atom. The van der Waals surface area contributed by atoms with E-state index in [4.69, 9.17) is 17.3 Å². The van der Waals surface area contributed by atoms with Crippen molar-refractivity contribution in [2.45, 2.75) is 44.8 Å². The van der Waals surface area contributed by atoms with Gasteiger partial charge in [0.15, 0.2) is 0 Å². The van der Waals surface area contributed by atoms with Crippen molar-refractivity contribution in [1.82, 2.24) is 20.0 Å². The summed E-state index contributed by atoms with van der Waals surface area (Å²) in [6.45, 7) is 3.17. The van der Waals surface area contributed by atoms with Gasteiger partial charge in [0.2, 0.25) is 0 Å². The highest BCUT2D eigenvalue weighted by Gasteiger charge is 2.36. The van der Waals surface area contributed by atoms with Crippen molar-refractivity contribution in [3.8, 4) is 11.3 Å². The molecule has 1 fully saturated rings. The largest absolute Gasteiger partial charge is 0.365 e. The Labute approximate surface area is 166 Å². The molecule has 0 radical (unpaired) electrons. The van der Waals surface area contributed by atoms with Crippen LogP contribution in [0.4, 0.5) is 9.18 Å². The molecule has 0 unspecified atom stereocenters. The van der Waals surface area contributed by atoms with Crippen LogP contribution in [0, 0.1) is 5.82 Å². The maximum Gasteiger partial charge on any atom is 0.318 e. The van der Waals surface area contributed by atoms with E-state index >= 15 is 0 Å². The fourth-order valence-electron chi connectivity index (χ4n) is 3.76. The summed E-state index contributed by atoms with van der Waals surface area (Å²) in [4.78, 5) is 26.5. The molecular formula is C19H21ClFN5O2. The number of halogens is 2. The van der Waals surface area contributed by atoms with E-state index in [0.717, 1.165) is 19.3 Å². The van der Waals surface area contributed by atoms with Crippen molar-refractivity contribution in [3.63, 3.8) is 0 Å². The number of amides is 3. The van der Waals surface area contributed by atoms with E-state index < -0.39 is 11.7 Å². The van der Waals surface area contributed by atoms with Crippen molar-refractivity contribution in [2.75, 3.05) is 6.54 Å². The number of fused-ring (bicyclic) bond motifs is 1. The molecule has 0 bridgehead atoms. The second kappa shape index (κ2) is 6.77. The standard InChI is InChI=1S/C19H21ClFN5O2/c1-19(5-2-6-19)23-18(28)25-7-8-26-14(10-25)15(17(22)27)16(24-26)11-3-4-13(21)12(20)9-11/h3-4,9H,2,5-8,10H2,1H3,(H2,22,27)(H,23,28). The van der Waals surface area contributed by atoms with Gasteiger partial charge in [-0.15, -0.1) is 0 Å². The summed E-state index contributed by atoms with van der Waals surface area (Å²) in [6.07, 6.45) is 3.04. The molecule has 1 aromatic heterocycles. The first-order valence-corrected chi connectivity index (χ1v) is 9.57. The van der Waals surface area contributed by atoms with Gasteiger partial charge in [-0.3, -0.25) is 9.48 Å². The van der Waals surface area contributed by atoms with E-state index in [0.29, 0.717) is 30.0 Å². The Balaban J connectivity index is 1.65. The zero-order valence-electron chi connectivity index (χ0n) is 15.5. The van der Waals surface area contributed by atoms with E-state index in [1.807, 2.05) is 6.92 Å².